The Bertz CT molecular complexity index is 1110. The highest BCUT2D eigenvalue weighted by molar-refractivity contribution is 5.85. The Labute approximate surface area is 170 Å². The van der Waals surface area contributed by atoms with Crippen molar-refractivity contribution >= 4 is 16.8 Å². The van der Waals surface area contributed by atoms with Gasteiger partial charge in [-0.3, -0.25) is 9.89 Å². The largest absolute Gasteiger partial charge is 0.361 e. The zero-order chi connectivity index (χ0) is 20.4. The number of fused-ring (bicyclic) bond motifs is 1. The van der Waals surface area contributed by atoms with Crippen LogP contribution in [0.3, 0.4) is 0 Å². The molecule has 0 spiro atoms. The van der Waals surface area contributed by atoms with Crippen LogP contribution in [-0.2, 0) is 4.79 Å². The number of nitrogens with one attached hydrogen (secondary N) is 3. The molecular weight excluding hydrogens is 360 g/mol. The van der Waals surface area contributed by atoms with E-state index in [9.17, 15) is 4.79 Å². The van der Waals surface area contributed by atoms with Crippen molar-refractivity contribution in [3.8, 4) is 0 Å². The third-order valence-electron chi connectivity index (χ3n) is 5.69. The van der Waals surface area contributed by atoms with Crippen LogP contribution < -0.4 is 5.32 Å². The molecule has 148 valence electrons. The van der Waals surface area contributed by atoms with Gasteiger partial charge in [-0.2, -0.15) is 5.10 Å². The lowest BCUT2D eigenvalue weighted by molar-refractivity contribution is -0.122. The van der Waals surface area contributed by atoms with Gasteiger partial charge in [0.15, 0.2) is 0 Å². The maximum Gasteiger partial charge on any atom is 0.227 e. The lowest BCUT2D eigenvalue weighted by Crippen LogP contribution is -2.32. The molecule has 4 rings (SSSR count). The fourth-order valence-electron chi connectivity index (χ4n) is 4.16. The number of H-pyrrole nitrogens is 2. The summed E-state index contributed by atoms with van der Waals surface area (Å²) in [5.41, 5.74) is 6.28. The van der Waals surface area contributed by atoms with Crippen molar-refractivity contribution in [1.29, 1.82) is 0 Å². The first kappa shape index (κ1) is 19.0. The molecule has 0 saturated carbocycles. The number of amides is 1. The highest BCUT2D eigenvalue weighted by Gasteiger charge is 2.24. The average molecular weight is 386 g/mol. The zero-order valence-electron chi connectivity index (χ0n) is 17.0. The van der Waals surface area contributed by atoms with E-state index in [1.54, 1.807) is 0 Å². The summed E-state index contributed by atoms with van der Waals surface area (Å²) in [6.45, 7) is 6.35. The van der Waals surface area contributed by atoms with Crippen LogP contribution in [-0.4, -0.2) is 27.6 Å². The molecule has 5 heteroatoms. The molecule has 5 nitrogen and oxygen atoms in total. The molecule has 2 unspecified atom stereocenters. The van der Waals surface area contributed by atoms with Crippen molar-refractivity contribution in [2.75, 3.05) is 6.54 Å². The lowest BCUT2D eigenvalue weighted by Gasteiger charge is -2.20. The Balaban J connectivity index is 1.61. The van der Waals surface area contributed by atoms with Gasteiger partial charge in [0.2, 0.25) is 5.91 Å². The summed E-state index contributed by atoms with van der Waals surface area (Å²) in [5, 5.41) is 11.6. The number of rotatable bonds is 6. The third-order valence-corrected chi connectivity index (χ3v) is 5.69. The predicted octanol–water partition coefficient (Wildman–Crippen LogP) is 4.56. The Morgan fingerprint density at radius 1 is 1.07 bits per heavy atom. The van der Waals surface area contributed by atoms with Gasteiger partial charge in [-0.05, 0) is 38.0 Å². The molecule has 2 heterocycles. The number of aromatic nitrogens is 3. The van der Waals surface area contributed by atoms with E-state index >= 15 is 0 Å². The number of aromatic amines is 2. The first-order valence-electron chi connectivity index (χ1n) is 9.96. The van der Waals surface area contributed by atoms with Crippen molar-refractivity contribution in [1.82, 2.24) is 20.5 Å². The van der Waals surface area contributed by atoms with E-state index in [0.717, 1.165) is 22.5 Å². The Kier molecular flexibility index (Phi) is 5.21. The van der Waals surface area contributed by atoms with E-state index in [0.29, 0.717) is 6.54 Å². The SMILES string of the molecule is Cc1n[nH]c(C)c1C(C)C(=O)NCC(c1ccccc1)c1c[nH]c2ccccc12. The van der Waals surface area contributed by atoms with Crippen molar-refractivity contribution in [2.45, 2.75) is 32.6 Å². The fourth-order valence-corrected chi connectivity index (χ4v) is 4.16. The number of aryl methyl sites for hydroxylation is 2. The van der Waals surface area contributed by atoms with E-state index in [-0.39, 0.29) is 17.7 Å². The van der Waals surface area contributed by atoms with Crippen LogP contribution in [0.4, 0.5) is 0 Å². The van der Waals surface area contributed by atoms with Gasteiger partial charge < -0.3 is 10.3 Å². The summed E-state index contributed by atoms with van der Waals surface area (Å²) in [6.07, 6.45) is 2.06. The van der Waals surface area contributed by atoms with Crippen molar-refractivity contribution in [3.63, 3.8) is 0 Å². The number of hydrogen-bond acceptors (Lipinski definition) is 2. The van der Waals surface area contributed by atoms with E-state index < -0.39 is 0 Å². The normalized spacial score (nSPS) is 13.3. The summed E-state index contributed by atoms with van der Waals surface area (Å²) in [5.74, 6) is -0.179. The lowest BCUT2D eigenvalue weighted by atomic mass is 9.90. The maximum absolute atomic E-state index is 13.0. The Morgan fingerprint density at radius 2 is 1.79 bits per heavy atom. The van der Waals surface area contributed by atoms with Gasteiger partial charge in [-0.15, -0.1) is 0 Å². The molecule has 0 aliphatic heterocycles. The summed E-state index contributed by atoms with van der Waals surface area (Å²) >= 11 is 0. The van der Waals surface area contributed by atoms with Crippen molar-refractivity contribution < 1.29 is 4.79 Å². The van der Waals surface area contributed by atoms with Gasteiger partial charge in [0.25, 0.3) is 0 Å². The standard InChI is InChI=1S/C24H26N4O/c1-15(23-16(2)27-28-17(23)3)24(29)26-13-20(18-9-5-4-6-10-18)21-14-25-22-12-8-7-11-19(21)22/h4-12,14-15,20,25H,13H2,1-3H3,(H,26,29)(H,27,28). The summed E-state index contributed by atoms with van der Waals surface area (Å²) in [6, 6.07) is 18.6. The van der Waals surface area contributed by atoms with Crippen LogP contribution in [0.1, 0.15) is 46.8 Å². The Morgan fingerprint density at radius 3 is 2.52 bits per heavy atom. The quantitative estimate of drug-likeness (QED) is 0.454. The average Bonchev–Trinajstić information content (AvgIpc) is 3.31. The zero-order valence-corrected chi connectivity index (χ0v) is 17.0. The minimum absolute atomic E-state index is 0.0124. The molecule has 1 amide bonds. The van der Waals surface area contributed by atoms with Crippen molar-refractivity contribution in [3.05, 3.63) is 88.9 Å². The van der Waals surface area contributed by atoms with E-state index in [1.807, 2.05) is 51.1 Å². The van der Waals surface area contributed by atoms with Gasteiger partial charge in [-0.1, -0.05) is 48.5 Å². The van der Waals surface area contributed by atoms with Gasteiger partial charge in [0.05, 0.1) is 11.6 Å². The highest BCUT2D eigenvalue weighted by Crippen LogP contribution is 2.31. The second-order valence-corrected chi connectivity index (χ2v) is 7.57. The monoisotopic (exact) mass is 386 g/mol. The van der Waals surface area contributed by atoms with Gasteiger partial charge in [0, 0.05) is 40.8 Å². The summed E-state index contributed by atoms with van der Waals surface area (Å²) in [7, 11) is 0. The highest BCUT2D eigenvalue weighted by atomic mass is 16.1. The van der Waals surface area contributed by atoms with E-state index in [2.05, 4.69) is 51.0 Å². The Hall–Kier alpha value is -3.34. The number of hydrogen-bond donors (Lipinski definition) is 3. The summed E-state index contributed by atoms with van der Waals surface area (Å²) < 4.78 is 0. The number of carbonyl (C=O) groups excluding carboxylic acids is 1. The molecule has 0 radical (unpaired) electrons. The van der Waals surface area contributed by atoms with E-state index in [1.165, 1.54) is 16.5 Å². The third kappa shape index (κ3) is 3.68. The molecule has 3 N–H and O–H groups in total. The van der Waals surface area contributed by atoms with Gasteiger partial charge in [0.1, 0.15) is 0 Å². The molecular formula is C24H26N4O. The number of nitrogens with zero attached hydrogens (tertiary/aromatic N) is 1. The molecule has 2 aromatic heterocycles. The molecule has 2 aromatic carbocycles. The molecule has 2 atom stereocenters. The number of benzene rings is 2. The minimum atomic E-state index is -0.256. The van der Waals surface area contributed by atoms with Gasteiger partial charge >= 0.3 is 0 Å². The van der Waals surface area contributed by atoms with Crippen LogP contribution >= 0.6 is 0 Å². The maximum atomic E-state index is 13.0. The van der Waals surface area contributed by atoms with Gasteiger partial charge in [-0.25, -0.2) is 0 Å². The molecule has 29 heavy (non-hydrogen) atoms. The smallest absolute Gasteiger partial charge is 0.227 e. The predicted molar refractivity (Wildman–Crippen MR) is 116 cm³/mol. The minimum Gasteiger partial charge on any atom is -0.361 e. The molecule has 0 fully saturated rings. The number of para-hydroxylation sites is 1. The molecule has 4 aromatic rings. The van der Waals surface area contributed by atoms with Crippen LogP contribution in [0.25, 0.3) is 10.9 Å². The fraction of sp³-hybridized carbons (Fsp3) is 0.250. The summed E-state index contributed by atoms with van der Waals surface area (Å²) in [4.78, 5) is 16.3. The van der Waals surface area contributed by atoms with Crippen LogP contribution in [0, 0.1) is 13.8 Å². The molecule has 0 bridgehead atoms. The molecule has 0 saturated heterocycles. The first-order valence-corrected chi connectivity index (χ1v) is 9.96. The van der Waals surface area contributed by atoms with Crippen LogP contribution in [0.5, 0.6) is 0 Å². The second kappa shape index (κ2) is 7.95. The molecule has 0 aliphatic carbocycles. The van der Waals surface area contributed by atoms with Crippen LogP contribution in [0.2, 0.25) is 0 Å². The second-order valence-electron chi connectivity index (χ2n) is 7.57. The number of carbonyl (C=O) groups is 1. The van der Waals surface area contributed by atoms with E-state index in [4.69, 9.17) is 0 Å². The van der Waals surface area contributed by atoms with Crippen LogP contribution in [0.15, 0.2) is 60.8 Å². The molecule has 0 aliphatic rings. The first-order chi connectivity index (χ1) is 14.1. The topological polar surface area (TPSA) is 73.6 Å². The van der Waals surface area contributed by atoms with Crippen molar-refractivity contribution in [2.24, 2.45) is 0 Å².